The van der Waals surface area contributed by atoms with E-state index in [2.05, 4.69) is 97.1 Å². The lowest BCUT2D eigenvalue weighted by atomic mass is 9.72. The molecule has 20 rings (SSSR count). The molecule has 68 heavy (non-hydrogen) atoms. The molecule has 2 fully saturated rings. The summed E-state index contributed by atoms with van der Waals surface area (Å²) in [6, 6.07) is 33.1. The van der Waals surface area contributed by atoms with Gasteiger partial charge in [0.25, 0.3) is 0 Å². The van der Waals surface area contributed by atoms with Crippen molar-refractivity contribution in [1.82, 2.24) is 0 Å². The number of rotatable bonds is 10. The zero-order valence-corrected chi connectivity index (χ0v) is 37.6. The summed E-state index contributed by atoms with van der Waals surface area (Å²) in [4.78, 5) is 25.8. The molecule has 320 valence electrons. The van der Waals surface area contributed by atoms with Gasteiger partial charge in [0.1, 0.15) is 0 Å². The smallest absolute Gasteiger partial charge is 0.305 e. The minimum absolute atomic E-state index is 0.112. The van der Waals surface area contributed by atoms with Crippen molar-refractivity contribution in [2.75, 3.05) is 14.2 Å². The SMILES string of the molecule is COC(=O)CCCC1(c2ccccc2)C2C3=c4c5c6c7c8c9c(c%10c8c8c(c%11ccc%12c%13ccc%14c(c4c4c%14c%13c%13c%12c%11c8c7c%13c64)C21)C1C%10C1(CCCC(=O)OC)c1ccccc1)C=CC3C95. The van der Waals surface area contributed by atoms with Gasteiger partial charge in [-0.25, -0.2) is 0 Å². The average molecular weight is 873 g/mol. The maximum Gasteiger partial charge on any atom is 0.305 e. The first kappa shape index (κ1) is 34.3. The fraction of sp³-hybridized carbons (Fsp3) is 0.250. The van der Waals surface area contributed by atoms with Gasteiger partial charge in [0.15, 0.2) is 0 Å². The predicted molar refractivity (Wildman–Crippen MR) is 272 cm³/mol. The van der Waals surface area contributed by atoms with Crippen LogP contribution in [0.5, 0.6) is 0 Å². The molecular weight excluding hydrogens is 833 g/mol. The van der Waals surface area contributed by atoms with E-state index in [9.17, 15) is 9.59 Å². The van der Waals surface area contributed by atoms with E-state index in [1.54, 1.807) is 97.9 Å². The lowest BCUT2D eigenvalue weighted by molar-refractivity contribution is -0.141. The highest BCUT2D eigenvalue weighted by Gasteiger charge is 2.72. The van der Waals surface area contributed by atoms with Crippen LogP contribution in [0.25, 0.3) is 119 Å². The molecule has 4 nitrogen and oxygen atoms in total. The van der Waals surface area contributed by atoms with E-state index in [-0.39, 0.29) is 34.6 Å². The topological polar surface area (TPSA) is 52.6 Å². The van der Waals surface area contributed by atoms with E-state index >= 15 is 0 Å². The quantitative estimate of drug-likeness (QED) is 0.101. The van der Waals surface area contributed by atoms with Gasteiger partial charge in [-0.05, 0) is 195 Å². The molecule has 0 amide bonds. The highest BCUT2D eigenvalue weighted by Crippen LogP contribution is 2.83. The normalized spacial score (nSPS) is 27.5. The zero-order chi connectivity index (χ0) is 43.9. The summed E-state index contributed by atoms with van der Waals surface area (Å²) < 4.78 is 10.5. The molecule has 2 saturated carbocycles. The van der Waals surface area contributed by atoms with Crippen molar-refractivity contribution in [3.63, 3.8) is 0 Å². The highest BCUT2D eigenvalue weighted by molar-refractivity contribution is 6.63. The van der Waals surface area contributed by atoms with Crippen LogP contribution in [-0.4, -0.2) is 26.2 Å². The number of methoxy groups -OCH3 is 2. The van der Waals surface area contributed by atoms with Crippen LogP contribution < -0.4 is 5.22 Å². The number of allylic oxidation sites excluding steroid dienone is 1. The second kappa shape index (κ2) is 10.2. The Labute approximate surface area is 388 Å². The Hall–Kier alpha value is -7.04. The third-order valence-corrected chi connectivity index (χ3v) is 21.0. The van der Waals surface area contributed by atoms with E-state index in [1.165, 1.54) is 79.4 Å². The number of carbonyl (C=O) groups is 2. The maximum absolute atomic E-state index is 12.9. The van der Waals surface area contributed by atoms with Gasteiger partial charge in [0, 0.05) is 53.3 Å². The van der Waals surface area contributed by atoms with Crippen molar-refractivity contribution < 1.29 is 19.1 Å². The summed E-state index contributed by atoms with van der Waals surface area (Å²) in [5.74, 6) is 1.65. The third kappa shape index (κ3) is 2.98. The number of hydrogen-bond acceptors (Lipinski definition) is 4. The predicted octanol–water partition coefficient (Wildman–Crippen LogP) is 13.7. The minimum Gasteiger partial charge on any atom is -0.469 e. The van der Waals surface area contributed by atoms with Crippen LogP contribution in [0.2, 0.25) is 0 Å². The van der Waals surface area contributed by atoms with Crippen LogP contribution in [-0.2, 0) is 29.9 Å². The summed E-state index contributed by atoms with van der Waals surface area (Å²) in [6.07, 6.45) is 9.71. The molecule has 0 saturated heterocycles. The molecule has 8 unspecified atom stereocenters. The Bertz CT molecular complexity index is 4650. The second-order valence-electron chi connectivity index (χ2n) is 22.6. The van der Waals surface area contributed by atoms with E-state index < -0.39 is 0 Å². The summed E-state index contributed by atoms with van der Waals surface area (Å²) in [5, 5.41) is 32.2. The molecule has 7 aliphatic carbocycles. The lowest BCUT2D eigenvalue weighted by Crippen LogP contribution is -2.18. The van der Waals surface area contributed by atoms with E-state index in [0.717, 1.165) is 25.7 Å². The first-order valence-corrected chi connectivity index (χ1v) is 25.3. The van der Waals surface area contributed by atoms with Gasteiger partial charge in [-0.15, -0.1) is 0 Å². The summed E-state index contributed by atoms with van der Waals surface area (Å²) >= 11 is 0. The summed E-state index contributed by atoms with van der Waals surface area (Å²) in [6.45, 7) is 0. The molecule has 0 aliphatic heterocycles. The lowest BCUT2D eigenvalue weighted by Gasteiger charge is -2.30. The Kier molecular flexibility index (Phi) is 5.14. The molecule has 0 radical (unpaired) electrons. The zero-order valence-electron chi connectivity index (χ0n) is 37.6. The Morgan fingerprint density at radius 3 is 1.53 bits per heavy atom. The molecule has 4 heteroatoms. The first-order chi connectivity index (χ1) is 33.6. The van der Waals surface area contributed by atoms with Crippen LogP contribution in [0.4, 0.5) is 0 Å². The van der Waals surface area contributed by atoms with Crippen LogP contribution in [0.15, 0.2) is 91.0 Å². The summed E-state index contributed by atoms with van der Waals surface area (Å²) in [5.41, 5.74) is 13.9. The van der Waals surface area contributed by atoms with Gasteiger partial charge in [-0.1, -0.05) is 97.1 Å². The molecule has 7 aliphatic rings. The molecule has 13 aromatic rings. The van der Waals surface area contributed by atoms with Crippen molar-refractivity contribution in [2.45, 2.75) is 73.0 Å². The van der Waals surface area contributed by atoms with E-state index in [4.69, 9.17) is 9.47 Å². The summed E-state index contributed by atoms with van der Waals surface area (Å²) in [7, 11) is 3.06. The number of fused-ring (bicyclic) bond motifs is 11. The Balaban J connectivity index is 0.992. The fourth-order valence-corrected chi connectivity index (χ4v) is 19.4. The van der Waals surface area contributed by atoms with Crippen LogP contribution in [0.3, 0.4) is 0 Å². The molecule has 0 heterocycles. The largest absolute Gasteiger partial charge is 0.469 e. The van der Waals surface area contributed by atoms with Crippen LogP contribution >= 0.6 is 0 Å². The van der Waals surface area contributed by atoms with Gasteiger partial charge in [-0.3, -0.25) is 9.59 Å². The molecule has 8 atom stereocenters. The standard InChI is InChI=1S/C64H40O4/c1-67-33(65)15-9-23-63(25-11-5-3-6-12-25)59-41-29-19-17-27-28-18-20-30-38-36(28)45-35(27)37(29)46-50(41)52-43(61(59)63)31-21-22-32-40-39(31)48(52)57-55(46)54(45)56-47(38)51-42(30)60-62(44(32)53(51)49(40)58(56)57)64(60,24-10-16-34(66)68-2)26-13-7-4-8-14-26/h3-8,11-14,17-22,31,39,59-62H,9-10,15-16,23-24H2,1-2H3. The van der Waals surface area contributed by atoms with Gasteiger partial charge in [0.2, 0.25) is 0 Å². The monoisotopic (exact) mass is 872 g/mol. The number of ether oxygens (including phenoxy) is 2. The van der Waals surface area contributed by atoms with Gasteiger partial charge < -0.3 is 9.47 Å². The van der Waals surface area contributed by atoms with Gasteiger partial charge >= 0.3 is 11.9 Å². The molecule has 13 aromatic carbocycles. The van der Waals surface area contributed by atoms with Crippen molar-refractivity contribution in [3.05, 3.63) is 141 Å². The third-order valence-electron chi connectivity index (χ3n) is 21.0. The number of hydrogen-bond donors (Lipinski definition) is 0. The van der Waals surface area contributed by atoms with Crippen molar-refractivity contribution in [1.29, 1.82) is 0 Å². The number of esters is 2. The van der Waals surface area contributed by atoms with Crippen molar-refractivity contribution >= 4 is 131 Å². The minimum atomic E-state index is -0.140. The Morgan fingerprint density at radius 1 is 0.456 bits per heavy atom. The van der Waals surface area contributed by atoms with Gasteiger partial charge in [-0.2, -0.15) is 0 Å². The molecular formula is C64H40O4. The highest BCUT2D eigenvalue weighted by atomic mass is 16.5. The van der Waals surface area contributed by atoms with Crippen LogP contribution in [0.1, 0.15) is 107 Å². The molecule has 0 spiro atoms. The van der Waals surface area contributed by atoms with Crippen molar-refractivity contribution in [2.24, 2.45) is 11.8 Å². The average Bonchev–Trinajstić information content (AvgIpc) is 3.69. The van der Waals surface area contributed by atoms with E-state index in [0.29, 0.717) is 36.5 Å². The molecule has 0 aromatic heterocycles. The van der Waals surface area contributed by atoms with Crippen LogP contribution in [0, 0.1) is 11.8 Å². The second-order valence-corrected chi connectivity index (χ2v) is 22.6. The number of carbonyl (C=O) groups excluding carboxylic acids is 2. The maximum atomic E-state index is 12.9. The fourth-order valence-electron chi connectivity index (χ4n) is 19.4. The van der Waals surface area contributed by atoms with E-state index in [1.807, 2.05) is 0 Å². The molecule has 0 bridgehead atoms. The number of benzene rings is 8. The molecule has 0 N–H and O–H groups in total. The van der Waals surface area contributed by atoms with Gasteiger partial charge in [0.05, 0.1) is 14.2 Å². The van der Waals surface area contributed by atoms with Crippen molar-refractivity contribution in [3.8, 4) is 0 Å². The first-order valence-electron chi connectivity index (χ1n) is 25.3. The Morgan fingerprint density at radius 2 is 0.897 bits per heavy atom.